The Morgan fingerprint density at radius 3 is 2.59 bits per heavy atom. The Hall–Kier alpha value is 0.250. The third-order valence-corrected chi connectivity index (χ3v) is 9.89. The Bertz CT molecular complexity index is 655. The quantitative estimate of drug-likeness (QED) is 0.464. The van der Waals surface area contributed by atoms with Crippen LogP contribution >= 0.6 is 41.3 Å². The predicted molar refractivity (Wildman–Crippen MR) is 93.4 cm³/mol. The van der Waals surface area contributed by atoms with E-state index < -0.39 is 16.7 Å². The van der Waals surface area contributed by atoms with Crippen LogP contribution in [0.1, 0.15) is 26.7 Å². The van der Waals surface area contributed by atoms with Gasteiger partial charge in [-0.1, -0.05) is 47.9 Å². The lowest BCUT2D eigenvalue weighted by molar-refractivity contribution is 0.343. The third-order valence-electron chi connectivity index (χ3n) is 2.47. The summed E-state index contributed by atoms with van der Waals surface area (Å²) >= 11 is 12.7. The van der Waals surface area contributed by atoms with Crippen LogP contribution in [0.4, 0.5) is 0 Å². The molecule has 0 saturated heterocycles. The topological polar surface area (TPSA) is 72.5 Å². The van der Waals surface area contributed by atoms with Crippen LogP contribution in [0.5, 0.6) is 0 Å². The summed E-state index contributed by atoms with van der Waals surface area (Å²) in [5.41, 5.74) is 0. The maximum atomic E-state index is 12.6. The van der Waals surface area contributed by atoms with E-state index in [1.165, 1.54) is 18.2 Å². The van der Waals surface area contributed by atoms with Gasteiger partial charge in [-0.05, 0) is 31.5 Å². The third kappa shape index (κ3) is 6.04. The molecule has 126 valence electrons. The number of hydrogen-bond acceptors (Lipinski definition) is 5. The molecule has 0 aliphatic rings. The van der Waals surface area contributed by atoms with Gasteiger partial charge in [0.25, 0.3) is 0 Å². The van der Waals surface area contributed by atoms with Crippen LogP contribution in [-0.2, 0) is 19.1 Å². The van der Waals surface area contributed by atoms with E-state index in [2.05, 4.69) is 4.49 Å². The second-order valence-corrected chi connectivity index (χ2v) is 11.4. The van der Waals surface area contributed by atoms with E-state index >= 15 is 0 Å². The predicted octanol–water partition coefficient (Wildman–Crippen LogP) is 4.95. The molecule has 0 bridgehead atoms. The van der Waals surface area contributed by atoms with Gasteiger partial charge in [0.15, 0.2) is 0 Å². The molecule has 1 unspecified atom stereocenters. The summed E-state index contributed by atoms with van der Waals surface area (Å²) in [6, 6.07) is 4.05. The molecule has 0 spiro atoms. The van der Waals surface area contributed by atoms with Crippen LogP contribution < -0.4 is 4.49 Å². The van der Waals surface area contributed by atoms with Gasteiger partial charge >= 0.3 is 6.72 Å². The van der Waals surface area contributed by atoms with Crippen molar-refractivity contribution in [2.45, 2.75) is 31.6 Å². The average Bonchev–Trinajstić information content (AvgIpc) is 2.41. The van der Waals surface area contributed by atoms with Crippen molar-refractivity contribution in [3.63, 3.8) is 0 Å². The van der Waals surface area contributed by atoms with Crippen molar-refractivity contribution >= 4 is 51.3 Å². The maximum absolute atomic E-state index is 12.6. The first-order valence-corrected chi connectivity index (χ1v) is 12.1. The van der Waals surface area contributed by atoms with Crippen LogP contribution in [0, 0.1) is 0 Å². The van der Waals surface area contributed by atoms with E-state index in [4.69, 9.17) is 27.7 Å². The van der Waals surface area contributed by atoms with Gasteiger partial charge in [0.1, 0.15) is 4.90 Å². The van der Waals surface area contributed by atoms with Crippen LogP contribution in [0.2, 0.25) is 10.0 Å². The van der Waals surface area contributed by atoms with E-state index in [-0.39, 0.29) is 21.5 Å². The average molecular weight is 406 g/mol. The SMILES string of the molecule is CCCCSP(=O)(NS(=O)(=O)c1cc(Cl)ccc1Cl)OCC. The number of halogens is 2. The molecule has 22 heavy (non-hydrogen) atoms. The highest BCUT2D eigenvalue weighted by molar-refractivity contribution is 8.57. The lowest BCUT2D eigenvalue weighted by atomic mass is 10.4. The van der Waals surface area contributed by atoms with E-state index in [0.717, 1.165) is 24.2 Å². The second kappa shape index (κ2) is 8.92. The molecule has 0 fully saturated rings. The highest BCUT2D eigenvalue weighted by Gasteiger charge is 2.32. The number of hydrogen-bond donors (Lipinski definition) is 1. The Labute approximate surface area is 145 Å². The molecular formula is C12H18Cl2NO4PS2. The van der Waals surface area contributed by atoms with Gasteiger partial charge in [0.05, 0.1) is 11.6 Å². The second-order valence-electron chi connectivity index (χ2n) is 4.27. The lowest BCUT2D eigenvalue weighted by Crippen LogP contribution is -2.21. The molecule has 1 aromatic carbocycles. The fraction of sp³-hybridized carbons (Fsp3) is 0.500. The minimum Gasteiger partial charge on any atom is -0.310 e. The number of rotatable bonds is 9. The summed E-state index contributed by atoms with van der Waals surface area (Å²) in [4.78, 5) is -0.224. The summed E-state index contributed by atoms with van der Waals surface area (Å²) in [6.45, 7) is 0.168. The zero-order valence-corrected chi connectivity index (χ0v) is 16.3. The largest absolute Gasteiger partial charge is 0.340 e. The molecule has 0 aromatic heterocycles. The molecular weight excluding hydrogens is 388 g/mol. The lowest BCUT2D eigenvalue weighted by Gasteiger charge is -2.18. The molecule has 0 radical (unpaired) electrons. The summed E-state index contributed by atoms with van der Waals surface area (Å²) in [5.74, 6) is 0.527. The number of nitrogens with one attached hydrogen (secondary N) is 1. The maximum Gasteiger partial charge on any atom is 0.340 e. The molecule has 1 aromatic rings. The summed E-state index contributed by atoms with van der Waals surface area (Å²) in [7, 11) is -4.11. The minimum absolute atomic E-state index is 0.00138. The van der Waals surface area contributed by atoms with Gasteiger partial charge in [-0.3, -0.25) is 4.57 Å². The van der Waals surface area contributed by atoms with Crippen molar-refractivity contribution in [2.75, 3.05) is 12.4 Å². The fourth-order valence-corrected chi connectivity index (χ4v) is 8.81. The van der Waals surface area contributed by atoms with Gasteiger partial charge in [0, 0.05) is 10.8 Å². The van der Waals surface area contributed by atoms with E-state index in [1.807, 2.05) is 6.92 Å². The molecule has 0 aliphatic carbocycles. The van der Waals surface area contributed by atoms with Gasteiger partial charge in [0.2, 0.25) is 10.0 Å². The van der Waals surface area contributed by atoms with Crippen LogP contribution in [0.15, 0.2) is 23.1 Å². The van der Waals surface area contributed by atoms with Crippen LogP contribution in [0.3, 0.4) is 0 Å². The Kier molecular flexibility index (Phi) is 8.23. The van der Waals surface area contributed by atoms with Crippen LogP contribution in [0.25, 0.3) is 0 Å². The zero-order valence-electron chi connectivity index (χ0n) is 12.2. The number of benzene rings is 1. The first-order chi connectivity index (χ1) is 10.2. The van der Waals surface area contributed by atoms with Gasteiger partial charge in [-0.25, -0.2) is 8.42 Å². The Balaban J connectivity index is 3.05. The van der Waals surface area contributed by atoms with Crippen LogP contribution in [-0.4, -0.2) is 20.8 Å². The van der Waals surface area contributed by atoms with E-state index in [0.29, 0.717) is 5.75 Å². The highest BCUT2D eigenvalue weighted by Crippen LogP contribution is 2.57. The Morgan fingerprint density at radius 1 is 1.32 bits per heavy atom. The molecule has 1 atom stereocenters. The van der Waals surface area contributed by atoms with Gasteiger partial charge in [-0.15, -0.1) is 4.49 Å². The summed E-state index contributed by atoms with van der Waals surface area (Å²) in [6.07, 6.45) is 1.72. The Morgan fingerprint density at radius 2 is 2.00 bits per heavy atom. The van der Waals surface area contributed by atoms with Gasteiger partial charge < -0.3 is 4.52 Å². The summed E-state index contributed by atoms with van der Waals surface area (Å²) in [5, 5.41) is 0.216. The molecule has 1 rings (SSSR count). The molecule has 0 amide bonds. The summed E-state index contributed by atoms with van der Waals surface area (Å²) < 4.78 is 44.8. The monoisotopic (exact) mass is 405 g/mol. The first kappa shape index (κ1) is 20.3. The van der Waals surface area contributed by atoms with Crippen molar-refractivity contribution in [3.8, 4) is 0 Å². The van der Waals surface area contributed by atoms with E-state index in [1.54, 1.807) is 6.92 Å². The molecule has 0 saturated carbocycles. The number of unbranched alkanes of at least 4 members (excludes halogenated alkanes) is 1. The van der Waals surface area contributed by atoms with Crippen molar-refractivity contribution in [3.05, 3.63) is 28.2 Å². The number of sulfonamides is 1. The standard InChI is InChI=1S/C12H18Cl2NO4PS2/c1-3-5-8-21-20(16,19-4-2)15-22(17,18)12-9-10(13)6-7-11(12)14/h6-7,9H,3-5,8H2,1-2H3,(H,15,16). The normalized spacial score (nSPS) is 14.7. The fourth-order valence-electron chi connectivity index (χ4n) is 1.47. The van der Waals surface area contributed by atoms with Crippen molar-refractivity contribution < 1.29 is 17.5 Å². The van der Waals surface area contributed by atoms with Crippen molar-refractivity contribution in [1.29, 1.82) is 0 Å². The van der Waals surface area contributed by atoms with Crippen molar-refractivity contribution in [2.24, 2.45) is 0 Å². The molecule has 5 nitrogen and oxygen atoms in total. The smallest absolute Gasteiger partial charge is 0.310 e. The zero-order chi connectivity index (χ0) is 16.8. The molecule has 10 heteroatoms. The molecule has 1 N–H and O–H groups in total. The van der Waals surface area contributed by atoms with Crippen molar-refractivity contribution in [1.82, 2.24) is 4.49 Å². The molecule has 0 aliphatic heterocycles. The molecule has 0 heterocycles. The minimum atomic E-state index is -4.11. The van der Waals surface area contributed by atoms with E-state index in [9.17, 15) is 13.0 Å². The van der Waals surface area contributed by atoms with Gasteiger partial charge in [-0.2, -0.15) is 0 Å². The first-order valence-electron chi connectivity index (χ1n) is 6.62. The highest BCUT2D eigenvalue weighted by atomic mass is 35.5.